The van der Waals surface area contributed by atoms with Crippen LogP contribution in [0.15, 0.2) is 4.99 Å². The molecular weight excluding hydrogens is 395 g/mol. The number of hydrogen-bond donors (Lipinski definition) is 3. The summed E-state index contributed by atoms with van der Waals surface area (Å²) < 4.78 is 5.27. The van der Waals surface area contributed by atoms with E-state index in [1.54, 1.807) is 0 Å². The molecule has 3 N–H and O–H groups in total. The number of rotatable bonds is 11. The largest absolute Gasteiger partial charge is 0.382 e. The van der Waals surface area contributed by atoms with Crippen LogP contribution in [-0.4, -0.2) is 50.8 Å². The molecule has 0 bridgehead atoms. The Hall–Kier alpha value is -0.570. The van der Waals surface area contributed by atoms with Gasteiger partial charge in [0.15, 0.2) is 5.96 Å². The molecule has 0 radical (unpaired) electrons. The van der Waals surface area contributed by atoms with Crippen molar-refractivity contribution in [2.24, 2.45) is 4.99 Å². The molecule has 0 aromatic rings. The fraction of sp³-hybridized carbons (Fsp3) is 0.867. The molecule has 0 spiro atoms. The highest BCUT2D eigenvalue weighted by Crippen LogP contribution is 1.89. The molecule has 0 aliphatic heterocycles. The van der Waals surface area contributed by atoms with Crippen LogP contribution < -0.4 is 16.0 Å². The highest BCUT2D eigenvalue weighted by molar-refractivity contribution is 14.0. The molecule has 0 saturated carbocycles. The standard InChI is InChI=1S/C15H32N4O2.HI/c1-5-13(4)19-14(20)9-11-18-15(16-6-2)17-10-8-12-21-7-3;/h13H,5-12H2,1-4H3,(H,19,20)(H2,16,17,18);1H. The fourth-order valence-corrected chi connectivity index (χ4v) is 1.59. The number of carbonyl (C=O) groups is 1. The first-order chi connectivity index (χ1) is 10.1. The summed E-state index contributed by atoms with van der Waals surface area (Å²) in [6.45, 7) is 11.7. The summed E-state index contributed by atoms with van der Waals surface area (Å²) >= 11 is 0. The second kappa shape index (κ2) is 16.8. The quantitative estimate of drug-likeness (QED) is 0.203. The minimum atomic E-state index is 0. The molecular formula is C15H33IN4O2. The van der Waals surface area contributed by atoms with E-state index in [2.05, 4.69) is 27.9 Å². The smallest absolute Gasteiger partial charge is 0.221 e. The van der Waals surface area contributed by atoms with Crippen molar-refractivity contribution in [1.29, 1.82) is 0 Å². The number of nitrogens with zero attached hydrogens (tertiary/aromatic N) is 1. The summed E-state index contributed by atoms with van der Waals surface area (Å²) in [5, 5.41) is 9.28. The van der Waals surface area contributed by atoms with Gasteiger partial charge in [-0.3, -0.25) is 9.79 Å². The topological polar surface area (TPSA) is 74.8 Å². The predicted octanol–water partition coefficient (Wildman–Crippen LogP) is 1.89. The van der Waals surface area contributed by atoms with Crippen molar-refractivity contribution in [3.05, 3.63) is 0 Å². The number of ether oxygens (including phenoxy) is 1. The van der Waals surface area contributed by atoms with E-state index in [0.717, 1.165) is 38.6 Å². The summed E-state index contributed by atoms with van der Waals surface area (Å²) in [7, 11) is 0. The monoisotopic (exact) mass is 428 g/mol. The number of hydrogen-bond acceptors (Lipinski definition) is 3. The second-order valence-corrected chi connectivity index (χ2v) is 4.86. The third-order valence-corrected chi connectivity index (χ3v) is 2.93. The van der Waals surface area contributed by atoms with E-state index in [1.807, 2.05) is 20.8 Å². The van der Waals surface area contributed by atoms with Gasteiger partial charge in [-0.1, -0.05) is 6.92 Å². The molecule has 1 unspecified atom stereocenters. The van der Waals surface area contributed by atoms with Crippen LogP contribution in [0.25, 0.3) is 0 Å². The van der Waals surface area contributed by atoms with E-state index in [-0.39, 0.29) is 35.9 Å². The van der Waals surface area contributed by atoms with E-state index in [1.165, 1.54) is 0 Å². The van der Waals surface area contributed by atoms with Gasteiger partial charge >= 0.3 is 0 Å². The lowest BCUT2D eigenvalue weighted by atomic mass is 10.2. The maximum atomic E-state index is 11.7. The average molecular weight is 428 g/mol. The van der Waals surface area contributed by atoms with Crippen molar-refractivity contribution in [1.82, 2.24) is 16.0 Å². The van der Waals surface area contributed by atoms with Crippen molar-refractivity contribution >= 4 is 35.8 Å². The number of aliphatic imine (C=N–C) groups is 1. The summed E-state index contributed by atoms with van der Waals surface area (Å²) in [5.74, 6) is 0.828. The van der Waals surface area contributed by atoms with Crippen LogP contribution in [0.1, 0.15) is 47.0 Å². The Balaban J connectivity index is 0. The molecule has 0 aromatic heterocycles. The maximum Gasteiger partial charge on any atom is 0.221 e. The van der Waals surface area contributed by atoms with Crippen LogP contribution >= 0.6 is 24.0 Å². The van der Waals surface area contributed by atoms with Gasteiger partial charge in [0, 0.05) is 45.3 Å². The van der Waals surface area contributed by atoms with Crippen molar-refractivity contribution in [2.45, 2.75) is 53.0 Å². The molecule has 7 heteroatoms. The van der Waals surface area contributed by atoms with Gasteiger partial charge in [-0.15, -0.1) is 24.0 Å². The lowest BCUT2D eigenvalue weighted by Crippen LogP contribution is -2.40. The van der Waals surface area contributed by atoms with E-state index in [9.17, 15) is 4.79 Å². The lowest BCUT2D eigenvalue weighted by molar-refractivity contribution is -0.121. The highest BCUT2D eigenvalue weighted by Gasteiger charge is 2.05. The minimum Gasteiger partial charge on any atom is -0.382 e. The SMILES string of the molecule is CCNC(=NCCCOCC)NCCC(=O)NC(C)CC.I. The molecule has 0 aromatic carbocycles. The zero-order valence-corrected chi connectivity index (χ0v) is 16.7. The molecule has 0 rings (SSSR count). The van der Waals surface area contributed by atoms with Gasteiger partial charge in [0.25, 0.3) is 0 Å². The molecule has 1 atom stereocenters. The Morgan fingerprint density at radius 3 is 2.55 bits per heavy atom. The zero-order chi connectivity index (χ0) is 15.9. The lowest BCUT2D eigenvalue weighted by Gasteiger charge is -2.13. The fourth-order valence-electron chi connectivity index (χ4n) is 1.59. The predicted molar refractivity (Wildman–Crippen MR) is 103 cm³/mol. The van der Waals surface area contributed by atoms with Crippen molar-refractivity contribution < 1.29 is 9.53 Å². The van der Waals surface area contributed by atoms with Gasteiger partial charge in [-0.25, -0.2) is 0 Å². The molecule has 0 aliphatic carbocycles. The van der Waals surface area contributed by atoms with Crippen LogP contribution in [0.5, 0.6) is 0 Å². The number of carbonyl (C=O) groups excluding carboxylic acids is 1. The molecule has 0 saturated heterocycles. The van der Waals surface area contributed by atoms with Crippen LogP contribution in [0.2, 0.25) is 0 Å². The van der Waals surface area contributed by atoms with Gasteiger partial charge in [0.05, 0.1) is 0 Å². The third kappa shape index (κ3) is 14.4. The van der Waals surface area contributed by atoms with E-state index in [4.69, 9.17) is 4.74 Å². The van der Waals surface area contributed by atoms with Crippen LogP contribution in [0.4, 0.5) is 0 Å². The average Bonchev–Trinajstić information content (AvgIpc) is 2.46. The first-order valence-electron chi connectivity index (χ1n) is 8.03. The molecule has 22 heavy (non-hydrogen) atoms. The van der Waals surface area contributed by atoms with Crippen LogP contribution in [-0.2, 0) is 9.53 Å². The molecule has 0 fully saturated rings. The van der Waals surface area contributed by atoms with Gasteiger partial charge in [-0.05, 0) is 33.6 Å². The maximum absolute atomic E-state index is 11.7. The summed E-state index contributed by atoms with van der Waals surface area (Å²) in [4.78, 5) is 16.1. The van der Waals surface area contributed by atoms with Crippen molar-refractivity contribution in [2.75, 3.05) is 32.8 Å². The first kappa shape index (κ1) is 23.7. The number of nitrogens with one attached hydrogen (secondary N) is 3. The Morgan fingerprint density at radius 1 is 1.23 bits per heavy atom. The Kier molecular flexibility index (Phi) is 18.1. The Morgan fingerprint density at radius 2 is 1.95 bits per heavy atom. The van der Waals surface area contributed by atoms with Gasteiger partial charge < -0.3 is 20.7 Å². The zero-order valence-electron chi connectivity index (χ0n) is 14.4. The highest BCUT2D eigenvalue weighted by atomic mass is 127. The summed E-state index contributed by atoms with van der Waals surface area (Å²) in [5.41, 5.74) is 0. The van der Waals surface area contributed by atoms with Crippen molar-refractivity contribution in [3.8, 4) is 0 Å². The molecule has 0 heterocycles. The van der Waals surface area contributed by atoms with Gasteiger partial charge in [-0.2, -0.15) is 0 Å². The minimum absolute atomic E-state index is 0. The summed E-state index contributed by atoms with van der Waals surface area (Å²) in [6, 6.07) is 0.234. The Bertz CT molecular complexity index is 301. The van der Waals surface area contributed by atoms with Gasteiger partial charge in [0.2, 0.25) is 5.91 Å². The number of guanidine groups is 1. The second-order valence-electron chi connectivity index (χ2n) is 4.86. The first-order valence-corrected chi connectivity index (χ1v) is 8.03. The van der Waals surface area contributed by atoms with Crippen LogP contribution in [0, 0.1) is 0 Å². The molecule has 1 amide bonds. The van der Waals surface area contributed by atoms with E-state index >= 15 is 0 Å². The Labute approximate surface area is 152 Å². The van der Waals surface area contributed by atoms with Crippen molar-refractivity contribution in [3.63, 3.8) is 0 Å². The van der Waals surface area contributed by atoms with Gasteiger partial charge in [0.1, 0.15) is 0 Å². The summed E-state index contributed by atoms with van der Waals surface area (Å²) in [6.07, 6.45) is 2.30. The number of amides is 1. The molecule has 6 nitrogen and oxygen atoms in total. The third-order valence-electron chi connectivity index (χ3n) is 2.93. The van der Waals surface area contributed by atoms with E-state index < -0.39 is 0 Å². The normalized spacial score (nSPS) is 12.3. The number of halogens is 1. The molecule has 132 valence electrons. The van der Waals surface area contributed by atoms with E-state index in [0.29, 0.717) is 19.5 Å². The van der Waals surface area contributed by atoms with Crippen LogP contribution in [0.3, 0.4) is 0 Å². The molecule has 0 aliphatic rings.